The first-order valence-corrected chi connectivity index (χ1v) is 6.42. The molecule has 88 valence electrons. The van der Waals surface area contributed by atoms with Gasteiger partial charge in [-0.2, -0.15) is 8.42 Å². The summed E-state index contributed by atoms with van der Waals surface area (Å²) in [6.07, 6.45) is 1.49. The van der Waals surface area contributed by atoms with E-state index in [0.717, 1.165) is 5.56 Å². The van der Waals surface area contributed by atoms with Crippen molar-refractivity contribution in [2.45, 2.75) is 11.8 Å². The molecular weight excluding hydrogens is 238 g/mol. The minimum atomic E-state index is -4.25. The maximum Gasteiger partial charge on any atom is 0.296 e. The van der Waals surface area contributed by atoms with Crippen LogP contribution in [0.1, 0.15) is 5.56 Å². The van der Waals surface area contributed by atoms with Crippen molar-refractivity contribution >= 4 is 10.1 Å². The monoisotopic (exact) mass is 249 g/mol. The molecule has 1 aromatic carbocycles. The molecule has 1 N–H and O–H groups in total. The normalized spacial score (nSPS) is 11.4. The van der Waals surface area contributed by atoms with E-state index in [4.69, 9.17) is 4.55 Å². The van der Waals surface area contributed by atoms with Crippen molar-refractivity contribution in [3.05, 3.63) is 48.2 Å². The molecule has 2 aromatic rings. The van der Waals surface area contributed by atoms with Gasteiger partial charge in [-0.25, -0.2) is 0 Å². The zero-order valence-corrected chi connectivity index (χ0v) is 9.98. The van der Waals surface area contributed by atoms with Crippen LogP contribution >= 0.6 is 0 Å². The second-order valence-electron chi connectivity index (χ2n) is 3.69. The Morgan fingerprint density at radius 3 is 2.35 bits per heavy atom. The molecule has 0 unspecified atom stereocenters. The number of hydrogen-bond acceptors (Lipinski definition) is 3. The van der Waals surface area contributed by atoms with Gasteiger partial charge >= 0.3 is 0 Å². The highest BCUT2D eigenvalue weighted by Gasteiger charge is 2.16. The predicted octanol–water partition coefficient (Wildman–Crippen LogP) is 2.30. The van der Waals surface area contributed by atoms with Gasteiger partial charge in [0.05, 0.1) is 5.69 Å². The van der Waals surface area contributed by atoms with Gasteiger partial charge in [0.25, 0.3) is 10.1 Å². The lowest BCUT2D eigenvalue weighted by Gasteiger charge is -2.05. The Balaban J connectivity index is 2.64. The van der Waals surface area contributed by atoms with Gasteiger partial charge in [0.1, 0.15) is 4.90 Å². The third-order valence-corrected chi connectivity index (χ3v) is 3.26. The molecule has 0 amide bonds. The Morgan fingerprint density at radius 2 is 1.76 bits per heavy atom. The van der Waals surface area contributed by atoms with Crippen LogP contribution in [0.5, 0.6) is 0 Å². The van der Waals surface area contributed by atoms with E-state index in [2.05, 4.69) is 4.98 Å². The lowest BCUT2D eigenvalue weighted by Crippen LogP contribution is -2.02. The summed E-state index contributed by atoms with van der Waals surface area (Å²) in [6.45, 7) is 1.94. The van der Waals surface area contributed by atoms with Gasteiger partial charge in [-0.15, -0.1) is 0 Å². The zero-order valence-electron chi connectivity index (χ0n) is 9.16. The van der Waals surface area contributed by atoms with Gasteiger partial charge in [0.15, 0.2) is 0 Å². The van der Waals surface area contributed by atoms with Gasteiger partial charge in [-0.3, -0.25) is 9.54 Å². The SMILES string of the molecule is Cc1ccc(-c2ncccc2S(=O)(=O)O)cc1. The number of hydrogen-bond donors (Lipinski definition) is 1. The number of rotatable bonds is 2. The van der Waals surface area contributed by atoms with Crippen LogP contribution in [0.15, 0.2) is 47.5 Å². The van der Waals surface area contributed by atoms with E-state index in [1.54, 1.807) is 12.1 Å². The average molecular weight is 249 g/mol. The summed E-state index contributed by atoms with van der Waals surface area (Å²) in [5, 5.41) is 0. The minimum Gasteiger partial charge on any atom is -0.282 e. The lowest BCUT2D eigenvalue weighted by molar-refractivity contribution is 0.483. The van der Waals surface area contributed by atoms with Crippen LogP contribution in [0.3, 0.4) is 0 Å². The molecule has 1 aromatic heterocycles. The van der Waals surface area contributed by atoms with Crippen LogP contribution in [-0.2, 0) is 10.1 Å². The van der Waals surface area contributed by atoms with Crippen molar-refractivity contribution in [2.75, 3.05) is 0 Å². The Morgan fingerprint density at radius 1 is 1.12 bits per heavy atom. The molecule has 1 heterocycles. The molecule has 4 nitrogen and oxygen atoms in total. The van der Waals surface area contributed by atoms with E-state index in [9.17, 15) is 8.42 Å². The van der Waals surface area contributed by atoms with Gasteiger partial charge in [-0.1, -0.05) is 29.8 Å². The van der Waals surface area contributed by atoms with Crippen LogP contribution in [-0.4, -0.2) is 18.0 Å². The van der Waals surface area contributed by atoms with E-state index in [1.807, 2.05) is 19.1 Å². The maximum atomic E-state index is 11.2. The largest absolute Gasteiger partial charge is 0.296 e. The quantitative estimate of drug-likeness (QED) is 0.829. The van der Waals surface area contributed by atoms with Crippen molar-refractivity contribution in [2.24, 2.45) is 0 Å². The van der Waals surface area contributed by atoms with Crippen molar-refractivity contribution in [1.29, 1.82) is 0 Å². The summed E-state index contributed by atoms with van der Waals surface area (Å²) >= 11 is 0. The van der Waals surface area contributed by atoms with E-state index in [-0.39, 0.29) is 10.6 Å². The van der Waals surface area contributed by atoms with Crippen molar-refractivity contribution < 1.29 is 13.0 Å². The Hall–Kier alpha value is -1.72. The Labute approximate surface area is 99.7 Å². The molecule has 0 aliphatic rings. The van der Waals surface area contributed by atoms with Crippen molar-refractivity contribution in [1.82, 2.24) is 4.98 Å². The van der Waals surface area contributed by atoms with Gasteiger partial charge < -0.3 is 0 Å². The smallest absolute Gasteiger partial charge is 0.282 e. The molecule has 0 bridgehead atoms. The topological polar surface area (TPSA) is 67.3 Å². The molecule has 5 heteroatoms. The molecule has 0 fully saturated rings. The minimum absolute atomic E-state index is 0.177. The number of aryl methyl sites for hydroxylation is 1. The van der Waals surface area contributed by atoms with E-state index < -0.39 is 10.1 Å². The second kappa shape index (κ2) is 4.27. The average Bonchev–Trinajstić information content (AvgIpc) is 2.29. The van der Waals surface area contributed by atoms with Crippen LogP contribution in [0.4, 0.5) is 0 Å². The summed E-state index contributed by atoms with van der Waals surface area (Å²) < 4.78 is 31.5. The molecule has 0 aliphatic heterocycles. The highest BCUT2D eigenvalue weighted by Crippen LogP contribution is 2.24. The molecule has 0 saturated carbocycles. The first kappa shape index (κ1) is 11.8. The third-order valence-electron chi connectivity index (χ3n) is 2.37. The summed E-state index contributed by atoms with van der Waals surface area (Å²) in [6, 6.07) is 10.1. The Kier molecular flexibility index (Phi) is 2.95. The molecule has 0 radical (unpaired) electrons. The molecule has 0 atom stereocenters. The molecule has 0 saturated heterocycles. The molecule has 17 heavy (non-hydrogen) atoms. The lowest BCUT2D eigenvalue weighted by atomic mass is 10.1. The highest BCUT2D eigenvalue weighted by molar-refractivity contribution is 7.86. The summed E-state index contributed by atoms with van der Waals surface area (Å²) in [4.78, 5) is 3.83. The molecular formula is C12H11NO3S. The van der Waals surface area contributed by atoms with Crippen LogP contribution in [0.2, 0.25) is 0 Å². The second-order valence-corrected chi connectivity index (χ2v) is 5.08. The van der Waals surface area contributed by atoms with Crippen LogP contribution in [0, 0.1) is 6.92 Å². The number of nitrogens with zero attached hydrogens (tertiary/aromatic N) is 1. The fraction of sp³-hybridized carbons (Fsp3) is 0.0833. The number of aromatic nitrogens is 1. The highest BCUT2D eigenvalue weighted by atomic mass is 32.2. The maximum absolute atomic E-state index is 11.2. The fourth-order valence-electron chi connectivity index (χ4n) is 1.53. The van der Waals surface area contributed by atoms with Crippen molar-refractivity contribution in [3.63, 3.8) is 0 Å². The number of benzene rings is 1. The van der Waals surface area contributed by atoms with Gasteiger partial charge in [0, 0.05) is 11.8 Å². The van der Waals surface area contributed by atoms with E-state index >= 15 is 0 Å². The van der Waals surface area contributed by atoms with E-state index in [0.29, 0.717) is 5.56 Å². The third kappa shape index (κ3) is 2.51. The van der Waals surface area contributed by atoms with Crippen molar-refractivity contribution in [3.8, 4) is 11.3 Å². The molecule has 2 rings (SSSR count). The first-order valence-electron chi connectivity index (χ1n) is 4.98. The van der Waals surface area contributed by atoms with Crippen LogP contribution in [0.25, 0.3) is 11.3 Å². The predicted molar refractivity (Wildman–Crippen MR) is 64.2 cm³/mol. The zero-order chi connectivity index (χ0) is 12.5. The molecule has 0 aliphatic carbocycles. The fourth-order valence-corrected chi connectivity index (χ4v) is 2.19. The summed E-state index contributed by atoms with van der Waals surface area (Å²) in [7, 11) is -4.25. The van der Waals surface area contributed by atoms with Gasteiger partial charge in [0.2, 0.25) is 0 Å². The Bertz CT molecular complexity index is 633. The summed E-state index contributed by atoms with van der Waals surface area (Å²) in [5.41, 5.74) is 1.98. The standard InChI is InChI=1S/C12H11NO3S/c1-9-4-6-10(7-5-9)12-11(17(14,15)16)3-2-8-13-12/h2-8H,1H3,(H,14,15,16). The molecule has 0 spiro atoms. The van der Waals surface area contributed by atoms with Crippen LogP contribution < -0.4 is 0 Å². The van der Waals surface area contributed by atoms with E-state index in [1.165, 1.54) is 18.3 Å². The first-order chi connectivity index (χ1) is 7.98. The number of pyridine rings is 1. The van der Waals surface area contributed by atoms with Gasteiger partial charge in [-0.05, 0) is 19.1 Å². The summed E-state index contributed by atoms with van der Waals surface area (Å²) in [5.74, 6) is 0.